The molecule has 5 nitrogen and oxygen atoms in total. The molecule has 96 valence electrons. The van der Waals surface area contributed by atoms with Gasteiger partial charge in [0.1, 0.15) is 11.8 Å². The second kappa shape index (κ2) is 4.11. The highest BCUT2D eigenvalue weighted by Crippen LogP contribution is 2.34. The van der Waals surface area contributed by atoms with E-state index in [1.165, 1.54) is 11.2 Å². The Morgan fingerprint density at radius 3 is 2.79 bits per heavy atom. The molecular formula is C14H12N2O3. The lowest BCUT2D eigenvalue weighted by Crippen LogP contribution is -2.53. The lowest BCUT2D eigenvalue weighted by molar-refractivity contribution is -0.146. The summed E-state index contributed by atoms with van der Waals surface area (Å²) in [6.45, 7) is 0.310. The number of nitrogens with zero attached hydrogens (tertiary/aromatic N) is 2. The van der Waals surface area contributed by atoms with Crippen molar-refractivity contribution in [3.05, 3.63) is 30.5 Å². The van der Waals surface area contributed by atoms with Gasteiger partial charge in [-0.2, -0.15) is 5.26 Å². The highest BCUT2D eigenvalue weighted by atomic mass is 16.5. The highest BCUT2D eigenvalue weighted by Gasteiger charge is 2.48. The van der Waals surface area contributed by atoms with Crippen molar-refractivity contribution in [2.24, 2.45) is 5.41 Å². The average Bonchev–Trinajstić information content (AvgIpc) is 2.81. The minimum Gasteiger partial charge on any atom is -0.462 e. The maximum atomic E-state index is 12.4. The minimum atomic E-state index is -1.05. The molecule has 0 N–H and O–H groups in total. The Balaban J connectivity index is 1.98. The molecular weight excluding hydrogens is 244 g/mol. The predicted octanol–water partition coefficient (Wildman–Crippen LogP) is 1.94. The zero-order valence-corrected chi connectivity index (χ0v) is 10.4. The number of hydrogen-bond acceptors (Lipinski definition) is 4. The fourth-order valence-electron chi connectivity index (χ4n) is 2.20. The standard InChI is InChI=1S/C14H12N2O3/c1-16(13(17)14(7-15)8-18-9-14)11-6-19-12-5-3-2-4-10(11)12/h2-6H,8-9H2,1H3. The first kappa shape index (κ1) is 11.8. The van der Waals surface area contributed by atoms with Gasteiger partial charge < -0.3 is 14.1 Å². The third-order valence-electron chi connectivity index (χ3n) is 3.45. The second-order valence-corrected chi connectivity index (χ2v) is 4.67. The summed E-state index contributed by atoms with van der Waals surface area (Å²) in [6, 6.07) is 9.53. The molecule has 0 radical (unpaired) electrons. The molecule has 1 aliphatic rings. The van der Waals surface area contributed by atoms with Gasteiger partial charge in [0.05, 0.1) is 25.0 Å². The first-order valence-electron chi connectivity index (χ1n) is 5.91. The lowest BCUT2D eigenvalue weighted by Gasteiger charge is -2.36. The number of carbonyl (C=O) groups excluding carboxylic acids is 1. The Bertz CT molecular complexity index is 679. The van der Waals surface area contributed by atoms with Gasteiger partial charge in [0.15, 0.2) is 5.41 Å². The van der Waals surface area contributed by atoms with Crippen LogP contribution in [-0.2, 0) is 9.53 Å². The minimum absolute atomic E-state index is 0.155. The number of hydrogen-bond donors (Lipinski definition) is 0. The van der Waals surface area contributed by atoms with Crippen molar-refractivity contribution < 1.29 is 13.9 Å². The van der Waals surface area contributed by atoms with Crippen LogP contribution >= 0.6 is 0 Å². The molecule has 1 aliphatic heterocycles. The van der Waals surface area contributed by atoms with Crippen molar-refractivity contribution in [1.82, 2.24) is 0 Å². The number of anilines is 1. The normalized spacial score (nSPS) is 16.6. The second-order valence-electron chi connectivity index (χ2n) is 4.67. The number of furan rings is 1. The number of carbonyl (C=O) groups is 1. The zero-order valence-electron chi connectivity index (χ0n) is 10.4. The summed E-state index contributed by atoms with van der Waals surface area (Å²) in [4.78, 5) is 13.9. The molecule has 0 unspecified atom stereocenters. The molecule has 0 spiro atoms. The van der Waals surface area contributed by atoms with E-state index in [-0.39, 0.29) is 19.1 Å². The van der Waals surface area contributed by atoms with Crippen LogP contribution in [-0.4, -0.2) is 26.2 Å². The molecule has 0 saturated carbocycles. The molecule has 1 amide bonds. The first-order chi connectivity index (χ1) is 9.18. The van der Waals surface area contributed by atoms with E-state index in [1.54, 1.807) is 7.05 Å². The van der Waals surface area contributed by atoms with Crippen LogP contribution in [0.2, 0.25) is 0 Å². The first-order valence-corrected chi connectivity index (χ1v) is 5.91. The van der Waals surface area contributed by atoms with E-state index in [0.29, 0.717) is 11.3 Å². The van der Waals surface area contributed by atoms with Crippen LogP contribution in [0.25, 0.3) is 11.0 Å². The van der Waals surface area contributed by atoms with Crippen LogP contribution in [0.1, 0.15) is 0 Å². The van der Waals surface area contributed by atoms with Gasteiger partial charge in [-0.05, 0) is 12.1 Å². The summed E-state index contributed by atoms with van der Waals surface area (Å²) >= 11 is 0. The fraction of sp³-hybridized carbons (Fsp3) is 0.286. The van der Waals surface area contributed by atoms with Gasteiger partial charge in [0, 0.05) is 12.4 Å². The molecule has 2 heterocycles. The van der Waals surface area contributed by atoms with E-state index in [1.807, 2.05) is 24.3 Å². The van der Waals surface area contributed by atoms with Crippen LogP contribution in [0.15, 0.2) is 34.9 Å². The van der Waals surface area contributed by atoms with Crippen LogP contribution in [0.4, 0.5) is 5.69 Å². The van der Waals surface area contributed by atoms with Gasteiger partial charge >= 0.3 is 0 Å². The molecule has 1 saturated heterocycles. The van der Waals surface area contributed by atoms with Gasteiger partial charge in [-0.15, -0.1) is 0 Å². The monoisotopic (exact) mass is 256 g/mol. The Hall–Kier alpha value is -2.32. The number of para-hydroxylation sites is 1. The van der Waals surface area contributed by atoms with Gasteiger partial charge in [-0.25, -0.2) is 0 Å². The summed E-state index contributed by atoms with van der Waals surface area (Å²) < 4.78 is 10.4. The van der Waals surface area contributed by atoms with Gasteiger partial charge in [0.25, 0.3) is 5.91 Å². The van der Waals surface area contributed by atoms with Crippen molar-refractivity contribution in [1.29, 1.82) is 5.26 Å². The Morgan fingerprint density at radius 2 is 2.16 bits per heavy atom. The molecule has 19 heavy (non-hydrogen) atoms. The predicted molar refractivity (Wildman–Crippen MR) is 68.5 cm³/mol. The summed E-state index contributed by atoms with van der Waals surface area (Å²) in [5.41, 5.74) is 0.336. The number of rotatable bonds is 2. The van der Waals surface area contributed by atoms with Crippen LogP contribution in [0.5, 0.6) is 0 Å². The maximum Gasteiger partial charge on any atom is 0.252 e. The maximum absolute atomic E-state index is 12.4. The number of fused-ring (bicyclic) bond motifs is 1. The van der Waals surface area contributed by atoms with Gasteiger partial charge in [0.2, 0.25) is 0 Å². The Morgan fingerprint density at radius 1 is 1.42 bits per heavy atom. The largest absolute Gasteiger partial charge is 0.462 e. The van der Waals surface area contributed by atoms with Crippen molar-refractivity contribution >= 4 is 22.6 Å². The molecule has 0 atom stereocenters. The number of ether oxygens (including phenoxy) is 1. The Kier molecular flexibility index (Phi) is 2.54. The summed E-state index contributed by atoms with van der Waals surface area (Å²) in [5, 5.41) is 10.0. The highest BCUT2D eigenvalue weighted by molar-refractivity contribution is 6.05. The van der Waals surface area contributed by atoms with E-state index in [9.17, 15) is 4.79 Å². The van der Waals surface area contributed by atoms with E-state index in [4.69, 9.17) is 14.4 Å². The SMILES string of the molecule is CN(C(=O)C1(C#N)COC1)c1coc2ccccc12. The molecule has 0 bridgehead atoms. The molecule has 0 aliphatic carbocycles. The molecule has 1 aromatic carbocycles. The molecule has 3 rings (SSSR count). The zero-order chi connectivity index (χ0) is 13.5. The summed E-state index contributed by atoms with van der Waals surface area (Å²) in [5.74, 6) is -0.257. The quantitative estimate of drug-likeness (QED) is 0.823. The van der Waals surface area contributed by atoms with E-state index in [0.717, 1.165) is 5.39 Å². The van der Waals surface area contributed by atoms with E-state index in [2.05, 4.69) is 6.07 Å². The van der Waals surface area contributed by atoms with Crippen LogP contribution in [0, 0.1) is 16.7 Å². The third kappa shape index (κ3) is 1.61. The van der Waals surface area contributed by atoms with E-state index < -0.39 is 5.41 Å². The fourth-order valence-corrected chi connectivity index (χ4v) is 2.20. The molecule has 2 aromatic rings. The number of benzene rings is 1. The van der Waals surface area contributed by atoms with Crippen molar-refractivity contribution in [3.8, 4) is 6.07 Å². The Labute approximate surface area is 110 Å². The molecule has 5 heteroatoms. The number of amides is 1. The van der Waals surface area contributed by atoms with E-state index >= 15 is 0 Å². The summed E-state index contributed by atoms with van der Waals surface area (Å²) in [6.07, 6.45) is 1.53. The smallest absolute Gasteiger partial charge is 0.252 e. The lowest BCUT2D eigenvalue weighted by atomic mass is 9.86. The number of nitriles is 1. The third-order valence-corrected chi connectivity index (χ3v) is 3.45. The molecule has 1 fully saturated rings. The average molecular weight is 256 g/mol. The van der Waals surface area contributed by atoms with Gasteiger partial charge in [-0.1, -0.05) is 12.1 Å². The van der Waals surface area contributed by atoms with Crippen molar-refractivity contribution in [2.45, 2.75) is 0 Å². The molecule has 1 aromatic heterocycles. The summed E-state index contributed by atoms with van der Waals surface area (Å²) in [7, 11) is 1.65. The van der Waals surface area contributed by atoms with Crippen molar-refractivity contribution in [3.63, 3.8) is 0 Å². The van der Waals surface area contributed by atoms with Gasteiger partial charge in [-0.3, -0.25) is 4.79 Å². The van der Waals surface area contributed by atoms with Crippen LogP contribution in [0.3, 0.4) is 0 Å². The topological polar surface area (TPSA) is 66.5 Å². The van der Waals surface area contributed by atoms with Crippen molar-refractivity contribution in [2.75, 3.05) is 25.2 Å². The van der Waals surface area contributed by atoms with Crippen LogP contribution < -0.4 is 4.90 Å².